The lowest BCUT2D eigenvalue weighted by Crippen LogP contribution is -2.52. The SMILES string of the molecule is CCCCCNC1=c2/c(ccn2Cc2ccc(COCCOCCOCCOCCNC(=O)CNC(=O)[C@H](Cc3ccccc3)NC(=O)CNC(=O)CN)cc2OC)=C\CC/C(N)=N\1. The van der Waals surface area contributed by atoms with E-state index in [0.29, 0.717) is 58.6 Å². The van der Waals surface area contributed by atoms with E-state index in [1.807, 2.05) is 36.4 Å². The number of fused-ring (bicyclic) bond motifs is 1. The minimum absolute atomic E-state index is 0.192. The van der Waals surface area contributed by atoms with Gasteiger partial charge in [0.05, 0.1) is 91.5 Å². The second-order valence-electron chi connectivity index (χ2n) is 15.0. The Labute approximate surface area is 375 Å². The highest BCUT2D eigenvalue weighted by molar-refractivity contribution is 5.92. The molecule has 0 saturated heterocycles. The number of benzene rings is 2. The minimum Gasteiger partial charge on any atom is -0.496 e. The molecule has 0 unspecified atom stereocenters. The van der Waals surface area contributed by atoms with Crippen molar-refractivity contribution >= 4 is 41.4 Å². The van der Waals surface area contributed by atoms with Gasteiger partial charge in [-0.2, -0.15) is 0 Å². The van der Waals surface area contributed by atoms with E-state index in [1.165, 1.54) is 0 Å². The van der Waals surface area contributed by atoms with E-state index in [1.54, 1.807) is 7.11 Å². The number of methoxy groups -OCH3 is 1. The molecular weight excluding hydrogens is 823 g/mol. The van der Waals surface area contributed by atoms with Crippen LogP contribution in [0.1, 0.15) is 55.7 Å². The maximum Gasteiger partial charge on any atom is 0.243 e. The van der Waals surface area contributed by atoms with Gasteiger partial charge in [-0.15, -0.1) is 0 Å². The molecule has 350 valence electrons. The molecule has 0 spiro atoms. The molecule has 1 atom stereocenters. The van der Waals surface area contributed by atoms with Gasteiger partial charge in [-0.25, -0.2) is 4.99 Å². The summed E-state index contributed by atoms with van der Waals surface area (Å²) < 4.78 is 30.6. The van der Waals surface area contributed by atoms with Crippen molar-refractivity contribution in [3.63, 3.8) is 0 Å². The summed E-state index contributed by atoms with van der Waals surface area (Å²) >= 11 is 0. The first kappa shape index (κ1) is 50.9. The number of carbonyl (C=O) groups excluding carboxylic acids is 4. The Morgan fingerprint density at radius 3 is 2.23 bits per heavy atom. The monoisotopic (exact) mass is 890 g/mol. The van der Waals surface area contributed by atoms with Gasteiger partial charge in [-0.1, -0.05) is 68.3 Å². The topological polar surface area (TPSA) is 244 Å². The Morgan fingerprint density at radius 1 is 0.797 bits per heavy atom. The third-order valence-corrected chi connectivity index (χ3v) is 9.95. The fourth-order valence-corrected chi connectivity index (χ4v) is 6.61. The summed E-state index contributed by atoms with van der Waals surface area (Å²) in [6, 6.07) is 16.4. The number of carbonyl (C=O) groups is 4. The summed E-state index contributed by atoms with van der Waals surface area (Å²) in [7, 11) is 1.68. The number of aliphatic imine (C=N–C) groups is 1. The van der Waals surface area contributed by atoms with Crippen LogP contribution in [0.5, 0.6) is 5.75 Å². The maximum absolute atomic E-state index is 12.9. The van der Waals surface area contributed by atoms with Gasteiger partial charge in [0, 0.05) is 37.7 Å². The van der Waals surface area contributed by atoms with Crippen molar-refractivity contribution in [2.75, 3.05) is 86.1 Å². The van der Waals surface area contributed by atoms with Gasteiger partial charge in [-0.05, 0) is 41.3 Å². The predicted molar refractivity (Wildman–Crippen MR) is 244 cm³/mol. The second-order valence-corrected chi connectivity index (χ2v) is 15.0. The van der Waals surface area contributed by atoms with Gasteiger partial charge in [0.2, 0.25) is 23.6 Å². The van der Waals surface area contributed by atoms with E-state index in [4.69, 9.17) is 40.1 Å². The lowest BCUT2D eigenvalue weighted by molar-refractivity contribution is -0.130. The number of aromatic nitrogens is 1. The third kappa shape index (κ3) is 18.9. The van der Waals surface area contributed by atoms with E-state index in [9.17, 15) is 19.2 Å². The average molecular weight is 890 g/mol. The van der Waals surface area contributed by atoms with Crippen LogP contribution in [-0.4, -0.2) is 126 Å². The predicted octanol–water partition coefficient (Wildman–Crippen LogP) is -0.0768. The van der Waals surface area contributed by atoms with E-state index >= 15 is 0 Å². The van der Waals surface area contributed by atoms with Gasteiger partial charge >= 0.3 is 0 Å². The summed E-state index contributed by atoms with van der Waals surface area (Å²) in [6.45, 7) is 5.97. The zero-order valence-electron chi connectivity index (χ0n) is 37.3. The Bertz CT molecular complexity index is 2060. The number of amidine groups is 1. The van der Waals surface area contributed by atoms with E-state index in [-0.39, 0.29) is 39.2 Å². The Hall–Kier alpha value is -5.79. The van der Waals surface area contributed by atoms with Crippen molar-refractivity contribution in [1.82, 2.24) is 31.2 Å². The van der Waals surface area contributed by atoms with Crippen LogP contribution in [-0.2, 0) is 57.7 Å². The molecule has 0 fully saturated rings. The standard InChI is InChI=1S/C46H67N9O9/c1-3-4-8-17-50-45-44-36(12-9-13-40(48)54-45)16-19-55(44)32-37-15-14-35(28-39(37)60-2)33-64-26-25-63-24-23-62-22-21-61-20-18-49-42(57)30-52-46(59)38(27-34-10-6-5-7-11-34)53-43(58)31-51-41(56)29-47/h5-7,10-12,14-16,19,28,38,50H,3-4,8-9,13,17-18,20-27,29-33,47H2,1-2H3,(H2,48,54)(H,49,57)(H,51,56)(H,52,59)(H,53,58)/b36-12-,45-44+/t38-/m0/s1. The average Bonchev–Trinajstić information content (AvgIpc) is 3.69. The Kier molecular flexibility index (Phi) is 23.5. The molecular formula is C46H67N9O9. The highest BCUT2D eigenvalue weighted by Crippen LogP contribution is 2.22. The third-order valence-electron chi connectivity index (χ3n) is 9.95. The van der Waals surface area contributed by atoms with Crippen LogP contribution in [0.15, 0.2) is 65.8 Å². The van der Waals surface area contributed by atoms with Gasteiger partial charge in [0.15, 0.2) is 5.82 Å². The highest BCUT2D eigenvalue weighted by Gasteiger charge is 2.22. The van der Waals surface area contributed by atoms with E-state index in [0.717, 1.165) is 77.5 Å². The number of rotatable bonds is 31. The van der Waals surface area contributed by atoms with Gasteiger partial charge in [0.1, 0.15) is 17.6 Å². The summed E-state index contributed by atoms with van der Waals surface area (Å²) in [6.07, 6.45) is 9.45. The molecule has 0 radical (unpaired) electrons. The molecule has 64 heavy (non-hydrogen) atoms. The first-order valence-corrected chi connectivity index (χ1v) is 22.0. The lowest BCUT2D eigenvalue weighted by atomic mass is 10.1. The van der Waals surface area contributed by atoms with Crippen molar-refractivity contribution in [3.05, 3.63) is 88.1 Å². The Morgan fingerprint density at radius 2 is 1.52 bits per heavy atom. The van der Waals surface area contributed by atoms with Gasteiger partial charge < -0.3 is 66.3 Å². The minimum atomic E-state index is -0.963. The molecule has 1 aromatic heterocycles. The smallest absolute Gasteiger partial charge is 0.243 e. The van der Waals surface area contributed by atoms with Gasteiger partial charge in [-0.3, -0.25) is 19.2 Å². The molecule has 3 aromatic rings. The molecule has 0 saturated carbocycles. The van der Waals surface area contributed by atoms with E-state index < -0.39 is 29.7 Å². The van der Waals surface area contributed by atoms with Crippen molar-refractivity contribution in [2.24, 2.45) is 16.5 Å². The number of ether oxygens (including phenoxy) is 5. The van der Waals surface area contributed by atoms with Crippen LogP contribution in [0.2, 0.25) is 0 Å². The van der Waals surface area contributed by atoms with Crippen molar-refractivity contribution in [2.45, 2.75) is 64.6 Å². The first-order valence-electron chi connectivity index (χ1n) is 22.0. The first-order chi connectivity index (χ1) is 31.2. The summed E-state index contributed by atoms with van der Waals surface area (Å²) in [5.74, 6) is 0.198. The number of hydrogen-bond donors (Lipinski definition) is 7. The quantitative estimate of drug-likeness (QED) is 0.0420. The number of unbranched alkanes of at least 4 members (excludes halogenated alkanes) is 2. The number of amides is 4. The summed E-state index contributed by atoms with van der Waals surface area (Å²) in [5, 5.41) is 15.9. The van der Waals surface area contributed by atoms with Crippen molar-refractivity contribution in [1.29, 1.82) is 0 Å². The second kappa shape index (κ2) is 29.6. The molecule has 18 nitrogen and oxygen atoms in total. The highest BCUT2D eigenvalue weighted by atomic mass is 16.6. The molecule has 18 heteroatoms. The zero-order valence-corrected chi connectivity index (χ0v) is 37.3. The lowest BCUT2D eigenvalue weighted by Gasteiger charge is -2.19. The number of nitrogens with two attached hydrogens (primary N) is 2. The number of nitrogens with one attached hydrogen (secondary N) is 5. The molecule has 4 amide bonds. The summed E-state index contributed by atoms with van der Waals surface area (Å²) in [4.78, 5) is 53.8. The van der Waals surface area contributed by atoms with Crippen molar-refractivity contribution < 1.29 is 42.9 Å². The molecule has 0 bridgehead atoms. The normalized spacial score (nSPS) is 14.9. The van der Waals surface area contributed by atoms with E-state index in [2.05, 4.69) is 68.5 Å². The number of nitrogens with zero attached hydrogens (tertiary/aromatic N) is 2. The summed E-state index contributed by atoms with van der Waals surface area (Å²) in [5.41, 5.74) is 14.4. The fourth-order valence-electron chi connectivity index (χ4n) is 6.61. The number of hydrogen-bond acceptors (Lipinski definition) is 13. The molecule has 0 aliphatic carbocycles. The van der Waals surface area contributed by atoms with Crippen LogP contribution < -0.4 is 53.4 Å². The van der Waals surface area contributed by atoms with Crippen LogP contribution in [0.3, 0.4) is 0 Å². The maximum atomic E-state index is 12.9. The largest absolute Gasteiger partial charge is 0.496 e. The molecule has 2 aromatic carbocycles. The van der Waals surface area contributed by atoms with Crippen LogP contribution >= 0.6 is 0 Å². The molecule has 4 rings (SSSR count). The van der Waals surface area contributed by atoms with Crippen LogP contribution in [0, 0.1) is 0 Å². The van der Waals surface area contributed by atoms with Gasteiger partial charge in [0.25, 0.3) is 0 Å². The molecule has 1 aliphatic rings. The van der Waals surface area contributed by atoms with Crippen LogP contribution in [0.25, 0.3) is 11.9 Å². The molecule has 2 heterocycles. The zero-order chi connectivity index (χ0) is 45.8. The molecule has 9 N–H and O–H groups in total. The Balaban J connectivity index is 1.05. The molecule has 1 aliphatic heterocycles. The fraction of sp³-hybridized carbons (Fsp3) is 0.500. The van der Waals surface area contributed by atoms with Crippen LogP contribution in [0.4, 0.5) is 0 Å². The van der Waals surface area contributed by atoms with Crippen molar-refractivity contribution in [3.8, 4) is 5.75 Å².